The van der Waals surface area contributed by atoms with Gasteiger partial charge in [0.15, 0.2) is 0 Å². The fraction of sp³-hybridized carbons (Fsp3) is 0.267. The summed E-state index contributed by atoms with van der Waals surface area (Å²) in [5.74, 6) is -0.367. The minimum atomic E-state index is -3.77. The average Bonchev–Trinajstić information content (AvgIpc) is 2.98. The van der Waals surface area contributed by atoms with Crippen LogP contribution in [0.15, 0.2) is 40.6 Å². The molecule has 1 amide bonds. The molecule has 1 aromatic heterocycles. The van der Waals surface area contributed by atoms with Gasteiger partial charge in [-0.3, -0.25) is 9.10 Å². The molecule has 1 heterocycles. The zero-order valence-electron chi connectivity index (χ0n) is 12.7. The first-order valence-corrected chi connectivity index (χ1v) is 9.11. The quantitative estimate of drug-likeness (QED) is 0.911. The number of hydrogen-bond acceptors (Lipinski definition) is 4. The molecule has 5 nitrogen and oxygen atoms in total. The van der Waals surface area contributed by atoms with Crippen LogP contribution in [0.5, 0.6) is 0 Å². The van der Waals surface area contributed by atoms with Gasteiger partial charge < -0.3 is 5.32 Å². The van der Waals surface area contributed by atoms with Gasteiger partial charge in [0.1, 0.15) is 9.77 Å². The van der Waals surface area contributed by atoms with Crippen molar-refractivity contribution in [2.75, 3.05) is 17.9 Å². The Morgan fingerprint density at radius 2 is 1.86 bits per heavy atom. The summed E-state index contributed by atoms with van der Waals surface area (Å²) in [5, 5.41) is 4.25. The number of benzene rings is 1. The molecule has 118 valence electrons. The molecule has 1 aromatic carbocycles. The van der Waals surface area contributed by atoms with Gasteiger partial charge in [0.2, 0.25) is 0 Å². The van der Waals surface area contributed by atoms with Crippen molar-refractivity contribution >= 4 is 33.0 Å². The van der Waals surface area contributed by atoms with Crippen molar-refractivity contribution in [3.05, 3.63) is 46.2 Å². The molecule has 0 saturated carbocycles. The topological polar surface area (TPSA) is 66.5 Å². The first-order chi connectivity index (χ1) is 10.4. The number of carbonyl (C=O) groups excluding carboxylic acids is 1. The lowest BCUT2D eigenvalue weighted by molar-refractivity contribution is 0.0957. The molecule has 0 unspecified atom stereocenters. The molecule has 2 rings (SSSR count). The third-order valence-electron chi connectivity index (χ3n) is 3.21. The van der Waals surface area contributed by atoms with E-state index in [9.17, 15) is 13.2 Å². The normalized spacial score (nSPS) is 11.2. The van der Waals surface area contributed by atoms with E-state index in [-0.39, 0.29) is 15.7 Å². The second-order valence-electron chi connectivity index (χ2n) is 4.78. The van der Waals surface area contributed by atoms with Crippen molar-refractivity contribution < 1.29 is 13.2 Å². The van der Waals surface area contributed by atoms with Crippen LogP contribution in [0.4, 0.5) is 5.69 Å². The van der Waals surface area contributed by atoms with Gasteiger partial charge in [0, 0.05) is 13.6 Å². The summed E-state index contributed by atoms with van der Waals surface area (Å²) in [7, 11) is -2.29. The summed E-state index contributed by atoms with van der Waals surface area (Å²) in [6, 6.07) is 8.64. The molecular weight excluding hydrogens is 320 g/mol. The van der Waals surface area contributed by atoms with Gasteiger partial charge in [-0.25, -0.2) is 8.42 Å². The number of rotatable bonds is 5. The van der Waals surface area contributed by atoms with Gasteiger partial charge in [-0.1, -0.05) is 17.7 Å². The second kappa shape index (κ2) is 6.50. The highest BCUT2D eigenvalue weighted by Crippen LogP contribution is 2.28. The smallest absolute Gasteiger partial charge is 0.265 e. The largest absolute Gasteiger partial charge is 0.352 e. The number of hydrogen-bond donors (Lipinski definition) is 1. The molecule has 0 aliphatic carbocycles. The number of aryl methyl sites for hydroxylation is 1. The SMILES string of the molecule is CCNC(=O)c1sccc1S(=O)(=O)N(C)c1ccc(C)cc1. The fourth-order valence-corrected chi connectivity index (χ4v) is 4.46. The Kier molecular flexibility index (Phi) is 4.87. The number of anilines is 1. The maximum Gasteiger partial charge on any atom is 0.265 e. The molecule has 0 atom stereocenters. The Bertz CT molecular complexity index is 764. The summed E-state index contributed by atoms with van der Waals surface area (Å²) in [5.41, 5.74) is 1.60. The van der Waals surface area contributed by atoms with E-state index in [1.54, 1.807) is 24.4 Å². The third kappa shape index (κ3) is 3.15. The highest BCUT2D eigenvalue weighted by molar-refractivity contribution is 7.93. The van der Waals surface area contributed by atoms with Crippen LogP contribution in [0.2, 0.25) is 0 Å². The fourth-order valence-electron chi connectivity index (χ4n) is 1.95. The van der Waals surface area contributed by atoms with E-state index >= 15 is 0 Å². The van der Waals surface area contributed by atoms with Gasteiger partial charge in [-0.2, -0.15) is 0 Å². The Morgan fingerprint density at radius 3 is 2.45 bits per heavy atom. The van der Waals surface area contributed by atoms with Crippen LogP contribution in [0, 0.1) is 6.92 Å². The molecule has 0 aliphatic heterocycles. The highest BCUT2D eigenvalue weighted by atomic mass is 32.2. The first kappa shape index (κ1) is 16.5. The number of nitrogens with zero attached hydrogens (tertiary/aromatic N) is 1. The number of amides is 1. The van der Waals surface area contributed by atoms with Crippen molar-refractivity contribution in [3.8, 4) is 0 Å². The molecule has 2 aromatic rings. The Labute approximate surface area is 134 Å². The minimum Gasteiger partial charge on any atom is -0.352 e. The zero-order chi connectivity index (χ0) is 16.3. The summed E-state index contributed by atoms with van der Waals surface area (Å²) in [4.78, 5) is 12.2. The Hall–Kier alpha value is -1.86. The van der Waals surface area contributed by atoms with Gasteiger partial charge in [0.05, 0.1) is 5.69 Å². The van der Waals surface area contributed by atoms with E-state index in [0.717, 1.165) is 16.9 Å². The zero-order valence-corrected chi connectivity index (χ0v) is 14.3. The predicted octanol–water partition coefficient (Wildman–Crippen LogP) is 2.63. The molecule has 1 N–H and O–H groups in total. The molecule has 0 saturated heterocycles. The molecule has 0 aliphatic rings. The minimum absolute atomic E-state index is 0.0338. The first-order valence-electron chi connectivity index (χ1n) is 6.79. The predicted molar refractivity (Wildman–Crippen MR) is 89.1 cm³/mol. The van der Waals surface area contributed by atoms with Crippen LogP contribution in [-0.2, 0) is 10.0 Å². The Balaban J connectivity index is 2.41. The average molecular weight is 338 g/mol. The van der Waals surface area contributed by atoms with Crippen molar-refractivity contribution in [2.45, 2.75) is 18.7 Å². The summed E-state index contributed by atoms with van der Waals surface area (Å²) in [6.45, 7) is 4.17. The molecule has 0 radical (unpaired) electrons. The van der Waals surface area contributed by atoms with Crippen LogP contribution in [0.25, 0.3) is 0 Å². The van der Waals surface area contributed by atoms with Gasteiger partial charge in [-0.05, 0) is 37.4 Å². The van der Waals surface area contributed by atoms with Crippen molar-refractivity contribution in [1.82, 2.24) is 5.32 Å². The third-order valence-corrected chi connectivity index (χ3v) is 6.08. The lowest BCUT2D eigenvalue weighted by Crippen LogP contribution is -2.29. The second-order valence-corrected chi connectivity index (χ2v) is 7.64. The van der Waals surface area contributed by atoms with E-state index in [4.69, 9.17) is 0 Å². The van der Waals surface area contributed by atoms with Crippen LogP contribution >= 0.6 is 11.3 Å². The number of thiophene rings is 1. The van der Waals surface area contributed by atoms with E-state index < -0.39 is 10.0 Å². The number of carbonyl (C=O) groups is 1. The molecule has 0 bridgehead atoms. The van der Waals surface area contributed by atoms with E-state index in [1.807, 2.05) is 19.1 Å². The van der Waals surface area contributed by atoms with Crippen LogP contribution < -0.4 is 9.62 Å². The van der Waals surface area contributed by atoms with E-state index in [0.29, 0.717) is 12.2 Å². The van der Waals surface area contributed by atoms with Crippen molar-refractivity contribution in [1.29, 1.82) is 0 Å². The summed E-state index contributed by atoms with van der Waals surface area (Å²) >= 11 is 1.12. The van der Waals surface area contributed by atoms with Crippen molar-refractivity contribution in [2.24, 2.45) is 0 Å². The van der Waals surface area contributed by atoms with Crippen LogP contribution in [-0.4, -0.2) is 27.9 Å². The lowest BCUT2D eigenvalue weighted by atomic mass is 10.2. The van der Waals surface area contributed by atoms with Crippen molar-refractivity contribution in [3.63, 3.8) is 0 Å². The summed E-state index contributed by atoms with van der Waals surface area (Å²) < 4.78 is 26.7. The maximum atomic E-state index is 12.8. The Morgan fingerprint density at radius 1 is 1.23 bits per heavy atom. The van der Waals surface area contributed by atoms with Gasteiger partial charge >= 0.3 is 0 Å². The molecule has 7 heteroatoms. The number of nitrogens with one attached hydrogen (secondary N) is 1. The van der Waals surface area contributed by atoms with Gasteiger partial charge in [-0.15, -0.1) is 11.3 Å². The molecule has 0 spiro atoms. The van der Waals surface area contributed by atoms with E-state index in [1.165, 1.54) is 17.4 Å². The van der Waals surface area contributed by atoms with Crippen LogP contribution in [0.3, 0.4) is 0 Å². The van der Waals surface area contributed by atoms with E-state index in [2.05, 4.69) is 5.32 Å². The molecule has 22 heavy (non-hydrogen) atoms. The standard InChI is InChI=1S/C15H18N2O3S2/c1-4-16-15(18)14-13(9-10-21-14)22(19,20)17(3)12-7-5-11(2)6-8-12/h5-10H,4H2,1-3H3,(H,16,18). The monoisotopic (exact) mass is 338 g/mol. The maximum absolute atomic E-state index is 12.8. The lowest BCUT2D eigenvalue weighted by Gasteiger charge is -2.19. The van der Waals surface area contributed by atoms with Crippen LogP contribution in [0.1, 0.15) is 22.2 Å². The number of sulfonamides is 1. The highest BCUT2D eigenvalue weighted by Gasteiger charge is 2.28. The molecular formula is C15H18N2O3S2. The summed E-state index contributed by atoms with van der Waals surface area (Å²) in [6.07, 6.45) is 0. The molecule has 0 fully saturated rings. The van der Waals surface area contributed by atoms with Gasteiger partial charge in [0.25, 0.3) is 15.9 Å².